The number of carbonyl (C=O) groups is 1. The lowest BCUT2D eigenvalue weighted by molar-refractivity contribution is -0.121. The number of halogens is 2. The number of amides is 1. The molecule has 1 unspecified atom stereocenters. The highest BCUT2D eigenvalue weighted by atomic mass is 79.9. The van der Waals surface area contributed by atoms with Crippen LogP contribution in [0.4, 0.5) is 0 Å². The van der Waals surface area contributed by atoms with Crippen molar-refractivity contribution in [1.29, 1.82) is 0 Å². The number of carbonyl (C=O) groups excluding carboxylic acids is 1. The van der Waals surface area contributed by atoms with Gasteiger partial charge in [0.2, 0.25) is 5.91 Å². The predicted octanol–water partition coefficient (Wildman–Crippen LogP) is 1.30. The number of benzene rings is 1. The van der Waals surface area contributed by atoms with Crippen molar-refractivity contribution in [3.63, 3.8) is 0 Å². The fourth-order valence-corrected chi connectivity index (χ4v) is 2.18. The Balaban J connectivity index is 0.00000242. The highest BCUT2D eigenvalue weighted by Gasteiger charge is 2.09. The molecule has 0 aliphatic heterocycles. The van der Waals surface area contributed by atoms with E-state index in [-0.39, 0.29) is 36.5 Å². The van der Waals surface area contributed by atoms with E-state index in [1.165, 1.54) is 10.9 Å². The van der Waals surface area contributed by atoms with Crippen molar-refractivity contribution in [2.75, 3.05) is 13.6 Å². The zero-order valence-electron chi connectivity index (χ0n) is 12.3. The third-order valence-corrected chi connectivity index (χ3v) is 3.69. The van der Waals surface area contributed by atoms with Crippen LogP contribution in [-0.2, 0) is 11.3 Å². The van der Waals surface area contributed by atoms with E-state index in [0.29, 0.717) is 17.4 Å². The van der Waals surface area contributed by atoms with Gasteiger partial charge < -0.3 is 10.6 Å². The first-order chi connectivity index (χ1) is 10.0. The Bertz CT molecular complexity index is 720. The van der Waals surface area contributed by atoms with Gasteiger partial charge in [0, 0.05) is 17.1 Å². The molecule has 120 valence electrons. The second-order valence-electron chi connectivity index (χ2n) is 4.83. The lowest BCUT2D eigenvalue weighted by Gasteiger charge is -2.12. The predicted molar refractivity (Wildman–Crippen MR) is 92.5 cm³/mol. The third-order valence-electron chi connectivity index (χ3n) is 3.20. The quantitative estimate of drug-likeness (QED) is 0.808. The van der Waals surface area contributed by atoms with Crippen LogP contribution in [0.5, 0.6) is 0 Å². The molecule has 0 aliphatic rings. The van der Waals surface area contributed by atoms with Gasteiger partial charge in [-0.2, -0.15) is 0 Å². The van der Waals surface area contributed by atoms with Crippen LogP contribution in [0.1, 0.15) is 6.92 Å². The van der Waals surface area contributed by atoms with Gasteiger partial charge in [-0.1, -0.05) is 15.9 Å². The first-order valence-electron chi connectivity index (χ1n) is 6.60. The first-order valence-corrected chi connectivity index (χ1v) is 7.39. The zero-order chi connectivity index (χ0) is 15.4. The van der Waals surface area contributed by atoms with Crippen molar-refractivity contribution in [1.82, 2.24) is 20.2 Å². The molecule has 1 atom stereocenters. The van der Waals surface area contributed by atoms with Crippen molar-refractivity contribution in [2.45, 2.75) is 19.5 Å². The number of aromatic nitrogens is 2. The summed E-state index contributed by atoms with van der Waals surface area (Å²) < 4.78 is 2.12. The summed E-state index contributed by atoms with van der Waals surface area (Å²) in [5.74, 6) is -0.213. The molecule has 0 saturated heterocycles. The molecule has 1 heterocycles. The van der Waals surface area contributed by atoms with Crippen molar-refractivity contribution in [2.24, 2.45) is 0 Å². The Morgan fingerprint density at radius 3 is 2.86 bits per heavy atom. The van der Waals surface area contributed by atoms with Gasteiger partial charge in [-0.05, 0) is 32.2 Å². The Morgan fingerprint density at radius 1 is 1.45 bits per heavy atom. The van der Waals surface area contributed by atoms with Gasteiger partial charge in [-0.3, -0.25) is 14.2 Å². The molecular formula is C14H18BrClN4O2. The molecule has 0 saturated carbocycles. The topological polar surface area (TPSA) is 76.0 Å². The smallest absolute Gasteiger partial charge is 0.261 e. The van der Waals surface area contributed by atoms with E-state index in [0.717, 1.165) is 4.47 Å². The van der Waals surface area contributed by atoms with Crippen molar-refractivity contribution in [3.8, 4) is 0 Å². The highest BCUT2D eigenvalue weighted by molar-refractivity contribution is 9.10. The summed E-state index contributed by atoms with van der Waals surface area (Å²) in [5.41, 5.74) is 0.391. The molecule has 0 bridgehead atoms. The molecule has 0 aliphatic carbocycles. The first kappa shape index (κ1) is 18.6. The lowest BCUT2D eigenvalue weighted by Crippen LogP contribution is -2.39. The minimum atomic E-state index is -0.224. The minimum Gasteiger partial charge on any atom is -0.353 e. The average Bonchev–Trinajstić information content (AvgIpc) is 2.48. The summed E-state index contributed by atoms with van der Waals surface area (Å²) in [6, 6.07) is 5.48. The summed E-state index contributed by atoms with van der Waals surface area (Å²) in [4.78, 5) is 28.4. The zero-order valence-corrected chi connectivity index (χ0v) is 14.7. The Morgan fingerprint density at radius 2 is 2.18 bits per heavy atom. The standard InChI is InChI=1S/C14H17BrN4O2.ClH/c1-9(16-2)6-17-13(20)7-19-8-18-12-4-3-10(15)5-11(12)14(19)21;/h3-5,8-9,16H,6-7H2,1-2H3,(H,17,20);1H. The Labute approximate surface area is 142 Å². The van der Waals surface area contributed by atoms with Crippen LogP contribution in [-0.4, -0.2) is 35.1 Å². The molecule has 1 aromatic heterocycles. The van der Waals surface area contributed by atoms with Crippen LogP contribution in [0.3, 0.4) is 0 Å². The number of hydrogen-bond donors (Lipinski definition) is 2. The molecule has 0 spiro atoms. The number of nitrogens with zero attached hydrogens (tertiary/aromatic N) is 2. The molecule has 0 fully saturated rings. The summed E-state index contributed by atoms with van der Waals surface area (Å²) in [6.45, 7) is 2.43. The molecule has 0 radical (unpaired) electrons. The van der Waals surface area contributed by atoms with Gasteiger partial charge in [0.25, 0.3) is 5.56 Å². The molecule has 8 heteroatoms. The van der Waals surface area contributed by atoms with E-state index in [2.05, 4.69) is 31.5 Å². The number of likely N-dealkylation sites (N-methyl/N-ethyl adjacent to an activating group) is 1. The van der Waals surface area contributed by atoms with E-state index in [1.807, 2.05) is 20.0 Å². The maximum absolute atomic E-state index is 12.3. The van der Waals surface area contributed by atoms with Gasteiger partial charge in [-0.25, -0.2) is 4.98 Å². The molecule has 22 heavy (non-hydrogen) atoms. The number of nitrogens with one attached hydrogen (secondary N) is 2. The Kier molecular flexibility index (Phi) is 6.99. The fraction of sp³-hybridized carbons (Fsp3) is 0.357. The van der Waals surface area contributed by atoms with Gasteiger partial charge >= 0.3 is 0 Å². The summed E-state index contributed by atoms with van der Waals surface area (Å²) in [6.07, 6.45) is 1.40. The number of rotatable bonds is 5. The number of hydrogen-bond acceptors (Lipinski definition) is 4. The third kappa shape index (κ3) is 4.53. The molecule has 1 amide bonds. The van der Waals surface area contributed by atoms with Crippen LogP contribution < -0.4 is 16.2 Å². The molecule has 2 aromatic rings. The van der Waals surface area contributed by atoms with E-state index >= 15 is 0 Å². The SMILES string of the molecule is CNC(C)CNC(=O)Cn1cnc2ccc(Br)cc2c1=O.Cl. The van der Waals surface area contributed by atoms with Crippen molar-refractivity contribution < 1.29 is 4.79 Å². The fourth-order valence-electron chi connectivity index (χ4n) is 1.82. The van der Waals surface area contributed by atoms with Crippen LogP contribution in [0.25, 0.3) is 10.9 Å². The van der Waals surface area contributed by atoms with Crippen LogP contribution >= 0.6 is 28.3 Å². The summed E-state index contributed by atoms with van der Waals surface area (Å²) in [5, 5.41) is 6.28. The van der Waals surface area contributed by atoms with E-state index in [9.17, 15) is 9.59 Å². The maximum atomic E-state index is 12.3. The largest absolute Gasteiger partial charge is 0.353 e. The second-order valence-corrected chi connectivity index (χ2v) is 5.75. The Hall–Kier alpha value is -1.44. The van der Waals surface area contributed by atoms with Crippen LogP contribution in [0.15, 0.2) is 33.8 Å². The normalized spacial score (nSPS) is 11.8. The van der Waals surface area contributed by atoms with Crippen LogP contribution in [0, 0.1) is 0 Å². The van der Waals surface area contributed by atoms with Gasteiger partial charge in [0.1, 0.15) is 6.54 Å². The lowest BCUT2D eigenvalue weighted by atomic mass is 10.2. The second kappa shape index (κ2) is 8.26. The average molecular weight is 390 g/mol. The molecular weight excluding hydrogens is 372 g/mol. The molecule has 1 aromatic carbocycles. The maximum Gasteiger partial charge on any atom is 0.261 e. The molecule has 2 rings (SSSR count). The van der Waals surface area contributed by atoms with Gasteiger partial charge in [0.15, 0.2) is 0 Å². The minimum absolute atomic E-state index is 0. The van der Waals surface area contributed by atoms with Gasteiger partial charge in [-0.15, -0.1) is 12.4 Å². The van der Waals surface area contributed by atoms with E-state index < -0.39 is 0 Å². The highest BCUT2D eigenvalue weighted by Crippen LogP contribution is 2.14. The van der Waals surface area contributed by atoms with Crippen molar-refractivity contribution >= 4 is 45.1 Å². The van der Waals surface area contributed by atoms with Crippen molar-refractivity contribution in [3.05, 3.63) is 39.4 Å². The van der Waals surface area contributed by atoms with E-state index in [4.69, 9.17) is 0 Å². The molecule has 2 N–H and O–H groups in total. The summed E-state index contributed by atoms with van der Waals surface area (Å²) >= 11 is 3.33. The summed E-state index contributed by atoms with van der Waals surface area (Å²) in [7, 11) is 1.83. The molecule has 6 nitrogen and oxygen atoms in total. The monoisotopic (exact) mass is 388 g/mol. The van der Waals surface area contributed by atoms with E-state index in [1.54, 1.807) is 12.1 Å². The van der Waals surface area contributed by atoms with Gasteiger partial charge in [0.05, 0.1) is 17.2 Å². The van der Waals surface area contributed by atoms with Crippen LogP contribution in [0.2, 0.25) is 0 Å². The number of fused-ring (bicyclic) bond motifs is 1.